The van der Waals surface area contributed by atoms with Crippen molar-refractivity contribution >= 4 is 11.6 Å². The number of amides is 1. The number of carbonyl (C=O) groups is 1. The monoisotopic (exact) mass is 226 g/mol. The number of hydrogen-bond donors (Lipinski definition) is 2. The van der Waals surface area contributed by atoms with Gasteiger partial charge in [-0.05, 0) is 35.4 Å². The van der Waals surface area contributed by atoms with E-state index >= 15 is 0 Å². The van der Waals surface area contributed by atoms with Crippen LogP contribution in [-0.2, 0) is 0 Å². The molecule has 0 aliphatic carbocycles. The Bertz CT molecular complexity index is 515. The molecule has 0 aromatic heterocycles. The first-order chi connectivity index (χ1) is 8.20. The minimum Gasteiger partial charge on any atom is -0.388 e. The van der Waals surface area contributed by atoms with E-state index in [4.69, 9.17) is 5.73 Å². The zero-order chi connectivity index (χ0) is 12.3. The molecule has 0 spiro atoms. The van der Waals surface area contributed by atoms with E-state index in [1.807, 2.05) is 43.4 Å². The van der Waals surface area contributed by atoms with E-state index in [-0.39, 0.29) is 0 Å². The maximum atomic E-state index is 10.9. The Morgan fingerprint density at radius 1 is 0.941 bits per heavy atom. The standard InChI is InChI=1S/C14H14N2O/c1-16-13-8-6-11(7-9-13)10-2-4-12(5-3-10)14(15)17/h2-9,16H,1H3,(H2,15,17). The molecular formula is C14H14N2O. The number of carbonyl (C=O) groups excluding carboxylic acids is 1. The van der Waals surface area contributed by atoms with Gasteiger partial charge in [-0.3, -0.25) is 4.79 Å². The van der Waals surface area contributed by atoms with Crippen LogP contribution in [0.3, 0.4) is 0 Å². The summed E-state index contributed by atoms with van der Waals surface area (Å²) in [6.45, 7) is 0. The van der Waals surface area contributed by atoms with E-state index in [0.29, 0.717) is 5.56 Å². The number of rotatable bonds is 3. The van der Waals surface area contributed by atoms with Crippen molar-refractivity contribution in [2.75, 3.05) is 12.4 Å². The fourth-order valence-corrected chi connectivity index (χ4v) is 1.66. The van der Waals surface area contributed by atoms with E-state index < -0.39 is 5.91 Å². The van der Waals surface area contributed by atoms with E-state index in [0.717, 1.165) is 16.8 Å². The van der Waals surface area contributed by atoms with Crippen molar-refractivity contribution in [3.63, 3.8) is 0 Å². The van der Waals surface area contributed by atoms with Crippen molar-refractivity contribution in [3.8, 4) is 11.1 Å². The summed E-state index contributed by atoms with van der Waals surface area (Å²) in [5.41, 5.74) is 8.97. The van der Waals surface area contributed by atoms with Gasteiger partial charge in [0.15, 0.2) is 0 Å². The zero-order valence-corrected chi connectivity index (χ0v) is 9.60. The number of benzene rings is 2. The van der Waals surface area contributed by atoms with Gasteiger partial charge in [-0.2, -0.15) is 0 Å². The van der Waals surface area contributed by atoms with Gasteiger partial charge in [-0.15, -0.1) is 0 Å². The summed E-state index contributed by atoms with van der Waals surface area (Å²) in [5, 5.41) is 3.07. The molecule has 0 heterocycles. The van der Waals surface area contributed by atoms with Crippen LogP contribution in [0.2, 0.25) is 0 Å². The molecule has 0 aliphatic heterocycles. The van der Waals surface area contributed by atoms with Gasteiger partial charge in [0.25, 0.3) is 0 Å². The van der Waals surface area contributed by atoms with Gasteiger partial charge < -0.3 is 11.1 Å². The van der Waals surface area contributed by atoms with Crippen molar-refractivity contribution in [2.45, 2.75) is 0 Å². The van der Waals surface area contributed by atoms with Crippen LogP contribution in [0.4, 0.5) is 5.69 Å². The molecule has 2 aromatic rings. The Morgan fingerprint density at radius 3 is 1.82 bits per heavy atom. The average Bonchev–Trinajstić information content (AvgIpc) is 2.39. The van der Waals surface area contributed by atoms with Gasteiger partial charge in [-0.1, -0.05) is 24.3 Å². The van der Waals surface area contributed by atoms with Crippen LogP contribution in [0.5, 0.6) is 0 Å². The Balaban J connectivity index is 2.29. The van der Waals surface area contributed by atoms with E-state index in [2.05, 4.69) is 5.32 Å². The second-order valence-corrected chi connectivity index (χ2v) is 3.77. The van der Waals surface area contributed by atoms with Crippen LogP contribution in [0, 0.1) is 0 Å². The smallest absolute Gasteiger partial charge is 0.248 e. The highest BCUT2D eigenvalue weighted by Gasteiger charge is 2.01. The van der Waals surface area contributed by atoms with Crippen molar-refractivity contribution in [2.24, 2.45) is 5.73 Å². The van der Waals surface area contributed by atoms with Gasteiger partial charge in [0.05, 0.1) is 0 Å². The van der Waals surface area contributed by atoms with Crippen molar-refractivity contribution in [3.05, 3.63) is 54.1 Å². The molecule has 0 saturated heterocycles. The number of primary amides is 1. The highest BCUT2D eigenvalue weighted by molar-refractivity contribution is 5.93. The molecule has 0 saturated carbocycles. The summed E-state index contributed by atoms with van der Waals surface area (Å²) in [6, 6.07) is 15.4. The van der Waals surface area contributed by atoms with Gasteiger partial charge in [-0.25, -0.2) is 0 Å². The van der Waals surface area contributed by atoms with Gasteiger partial charge in [0.2, 0.25) is 5.91 Å². The highest BCUT2D eigenvalue weighted by Crippen LogP contribution is 2.21. The maximum absolute atomic E-state index is 10.9. The third-order valence-electron chi connectivity index (χ3n) is 2.68. The Labute approximate surface area is 100 Å². The highest BCUT2D eigenvalue weighted by atomic mass is 16.1. The summed E-state index contributed by atoms with van der Waals surface area (Å²) < 4.78 is 0. The predicted octanol–water partition coefficient (Wildman–Crippen LogP) is 2.49. The number of nitrogens with one attached hydrogen (secondary N) is 1. The third kappa shape index (κ3) is 2.45. The average molecular weight is 226 g/mol. The summed E-state index contributed by atoms with van der Waals surface area (Å²) in [5.74, 6) is -0.401. The van der Waals surface area contributed by atoms with Crippen LogP contribution in [0.25, 0.3) is 11.1 Å². The first-order valence-corrected chi connectivity index (χ1v) is 5.39. The molecule has 3 heteroatoms. The molecule has 0 radical (unpaired) electrons. The molecule has 0 aliphatic rings. The van der Waals surface area contributed by atoms with Crippen molar-refractivity contribution < 1.29 is 4.79 Å². The third-order valence-corrected chi connectivity index (χ3v) is 2.68. The topological polar surface area (TPSA) is 55.1 Å². The lowest BCUT2D eigenvalue weighted by Gasteiger charge is -2.04. The fraction of sp³-hybridized carbons (Fsp3) is 0.0714. The van der Waals surface area contributed by atoms with Crippen molar-refractivity contribution in [1.82, 2.24) is 0 Å². The second-order valence-electron chi connectivity index (χ2n) is 3.77. The summed E-state index contributed by atoms with van der Waals surface area (Å²) in [4.78, 5) is 10.9. The summed E-state index contributed by atoms with van der Waals surface area (Å²) in [6.07, 6.45) is 0. The van der Waals surface area contributed by atoms with Crippen molar-refractivity contribution in [1.29, 1.82) is 0 Å². The lowest BCUT2D eigenvalue weighted by atomic mass is 10.0. The Hall–Kier alpha value is -2.29. The van der Waals surface area contributed by atoms with Crippen LogP contribution < -0.4 is 11.1 Å². The first-order valence-electron chi connectivity index (χ1n) is 5.39. The molecule has 3 nitrogen and oxygen atoms in total. The predicted molar refractivity (Wildman–Crippen MR) is 69.9 cm³/mol. The minimum absolute atomic E-state index is 0.401. The summed E-state index contributed by atoms with van der Waals surface area (Å²) in [7, 11) is 1.89. The first kappa shape index (κ1) is 11.2. The van der Waals surface area contributed by atoms with Gasteiger partial charge in [0.1, 0.15) is 0 Å². The number of hydrogen-bond acceptors (Lipinski definition) is 2. The van der Waals surface area contributed by atoms with E-state index in [1.54, 1.807) is 12.1 Å². The molecule has 2 rings (SSSR count). The van der Waals surface area contributed by atoms with E-state index in [1.165, 1.54) is 0 Å². The largest absolute Gasteiger partial charge is 0.388 e. The lowest BCUT2D eigenvalue weighted by Crippen LogP contribution is -2.10. The van der Waals surface area contributed by atoms with Crippen LogP contribution in [0.1, 0.15) is 10.4 Å². The van der Waals surface area contributed by atoms with Crippen LogP contribution in [0.15, 0.2) is 48.5 Å². The minimum atomic E-state index is -0.401. The van der Waals surface area contributed by atoms with Gasteiger partial charge in [0, 0.05) is 18.3 Å². The molecule has 3 N–H and O–H groups in total. The second kappa shape index (κ2) is 4.70. The SMILES string of the molecule is CNc1ccc(-c2ccc(C(N)=O)cc2)cc1. The molecule has 86 valence electrons. The Kier molecular flexibility index (Phi) is 3.10. The summed E-state index contributed by atoms with van der Waals surface area (Å²) >= 11 is 0. The molecule has 1 amide bonds. The molecule has 17 heavy (non-hydrogen) atoms. The van der Waals surface area contributed by atoms with Crippen LogP contribution >= 0.6 is 0 Å². The molecule has 0 fully saturated rings. The number of anilines is 1. The fourth-order valence-electron chi connectivity index (χ4n) is 1.66. The molecule has 0 bridgehead atoms. The normalized spacial score (nSPS) is 9.94. The quantitative estimate of drug-likeness (QED) is 0.844. The molecule has 2 aromatic carbocycles. The number of nitrogens with two attached hydrogens (primary N) is 1. The lowest BCUT2D eigenvalue weighted by molar-refractivity contribution is 0.100. The molecule has 0 atom stereocenters. The molecule has 0 unspecified atom stereocenters. The Morgan fingerprint density at radius 2 is 1.41 bits per heavy atom. The zero-order valence-electron chi connectivity index (χ0n) is 9.60. The van der Waals surface area contributed by atoms with Crippen LogP contribution in [-0.4, -0.2) is 13.0 Å². The van der Waals surface area contributed by atoms with Gasteiger partial charge >= 0.3 is 0 Å². The molecular weight excluding hydrogens is 212 g/mol. The van der Waals surface area contributed by atoms with E-state index in [9.17, 15) is 4.79 Å². The maximum Gasteiger partial charge on any atom is 0.248 e.